The summed E-state index contributed by atoms with van der Waals surface area (Å²) >= 11 is 0. The van der Waals surface area contributed by atoms with Crippen LogP contribution in [-0.2, 0) is 40.5 Å². The number of aromatic hydroxyl groups is 1. The maximum absolute atomic E-state index is 12.4. The monoisotopic (exact) mass is 1010 g/mol. The number of nitrogens with zero attached hydrogens (tertiary/aromatic N) is 6. The number of phenolic OH excluding ortho intramolecular Hbond substituents is 1. The molecule has 0 bridgehead atoms. The summed E-state index contributed by atoms with van der Waals surface area (Å²) in [5, 5.41) is 32.9. The van der Waals surface area contributed by atoms with Gasteiger partial charge in [-0.3, -0.25) is 0 Å². The van der Waals surface area contributed by atoms with Gasteiger partial charge in [-0.1, -0.05) is 42.5 Å². The summed E-state index contributed by atoms with van der Waals surface area (Å²) in [5.41, 5.74) is 14.8. The summed E-state index contributed by atoms with van der Waals surface area (Å²) in [4.78, 5) is -4.14. The number of benzene rings is 6. The number of azo groups is 3. The normalized spacial score (nSPS) is 12.2. The summed E-state index contributed by atoms with van der Waals surface area (Å²) in [5.74, 6) is -1.09. The Labute approximate surface area is 465 Å². The predicted molar refractivity (Wildman–Crippen MR) is 218 cm³/mol. The molecule has 30 heteroatoms. The number of rotatable bonds is 12. The zero-order chi connectivity index (χ0) is 45.4. The Balaban J connectivity index is 0.00000374. The van der Waals surface area contributed by atoms with Crippen LogP contribution in [0.15, 0.2) is 147 Å². The molecule has 0 amide bonds. The average molecular weight is 1010 g/mol. The van der Waals surface area contributed by atoms with Gasteiger partial charge in [0.05, 0.1) is 53.4 Å². The van der Waals surface area contributed by atoms with E-state index >= 15 is 0 Å². The van der Waals surface area contributed by atoms with Crippen LogP contribution in [0.25, 0.3) is 22.9 Å². The maximum Gasteiger partial charge on any atom is 1.00 e. The van der Waals surface area contributed by atoms with Crippen molar-refractivity contribution >= 4 is 115 Å². The van der Waals surface area contributed by atoms with Gasteiger partial charge >= 0.3 is 118 Å². The SMILES string of the molecule is Nc1ccc(N=Nc2ccc(/C=C/c3ccc(N=Nc4c(S(=O)(=O)[O-])cc5cc(S(=O)(=O)[O-])c(N=Nc6ccccc6)c(O)c5c4N)cc3S(=O)(=O)[O-])c(S(=O)(=O)[O-])c2)c(N)c1.[Na+].[Na+].[Na+].[Na+]. The molecule has 0 atom stereocenters. The minimum Gasteiger partial charge on any atom is -0.744 e. The van der Waals surface area contributed by atoms with Gasteiger partial charge in [0, 0.05) is 5.69 Å². The molecule has 22 nitrogen and oxygen atoms in total. The molecule has 320 valence electrons. The topological polar surface area (TPSA) is 401 Å². The summed E-state index contributed by atoms with van der Waals surface area (Å²) in [6.45, 7) is 0. The fraction of sp³-hybridized carbons (Fsp3) is 0. The third-order valence-corrected chi connectivity index (χ3v) is 11.9. The molecule has 66 heavy (non-hydrogen) atoms. The van der Waals surface area contributed by atoms with E-state index in [1.54, 1.807) is 18.2 Å². The number of fused-ring (bicyclic) bond motifs is 1. The fourth-order valence-electron chi connectivity index (χ4n) is 5.64. The predicted octanol–water partition coefficient (Wildman–Crippen LogP) is -5.66. The molecule has 0 unspecified atom stereocenters. The second kappa shape index (κ2) is 23.5. The van der Waals surface area contributed by atoms with Gasteiger partial charge in [-0.05, 0) is 83.2 Å². The largest absolute Gasteiger partial charge is 1.00 e. The molecule has 0 aromatic heterocycles. The zero-order valence-electron chi connectivity index (χ0n) is 34.8. The van der Waals surface area contributed by atoms with E-state index in [0.717, 1.165) is 36.4 Å². The zero-order valence-corrected chi connectivity index (χ0v) is 46.1. The van der Waals surface area contributed by atoms with Crippen LogP contribution in [-0.4, -0.2) is 57.0 Å². The summed E-state index contributed by atoms with van der Waals surface area (Å²) in [6, 6.07) is 19.2. The van der Waals surface area contributed by atoms with Crippen molar-refractivity contribution in [2.75, 3.05) is 17.2 Å². The smallest absolute Gasteiger partial charge is 0.744 e. The van der Waals surface area contributed by atoms with Crippen molar-refractivity contribution in [1.29, 1.82) is 0 Å². The molecule has 0 aliphatic heterocycles. The van der Waals surface area contributed by atoms with Crippen LogP contribution in [0, 0.1) is 0 Å². The number of nitrogens with two attached hydrogens (primary N) is 3. The van der Waals surface area contributed by atoms with E-state index in [1.807, 2.05) is 0 Å². The van der Waals surface area contributed by atoms with E-state index < -0.39 is 99.3 Å². The minimum absolute atomic E-state index is 0. The Hall–Kier alpha value is -3.04. The molecule has 0 fully saturated rings. The Morgan fingerprint density at radius 3 is 1.38 bits per heavy atom. The van der Waals surface area contributed by atoms with Crippen LogP contribution in [0.2, 0.25) is 0 Å². The van der Waals surface area contributed by atoms with Gasteiger partial charge in [0.1, 0.15) is 57.5 Å². The average Bonchev–Trinajstić information content (AvgIpc) is 3.18. The van der Waals surface area contributed by atoms with Crippen molar-refractivity contribution < 1.29 is 175 Å². The van der Waals surface area contributed by atoms with E-state index in [9.17, 15) is 57.0 Å². The first-order valence-corrected chi connectivity index (χ1v) is 22.4. The van der Waals surface area contributed by atoms with Crippen LogP contribution in [0.3, 0.4) is 0 Å². The molecule has 6 aromatic carbocycles. The summed E-state index contributed by atoms with van der Waals surface area (Å²) in [6.07, 6.45) is 2.00. The van der Waals surface area contributed by atoms with Gasteiger partial charge in [0.15, 0.2) is 5.75 Å². The van der Waals surface area contributed by atoms with Gasteiger partial charge in [-0.25, -0.2) is 33.7 Å². The van der Waals surface area contributed by atoms with E-state index in [2.05, 4.69) is 30.7 Å². The van der Waals surface area contributed by atoms with Gasteiger partial charge in [0.25, 0.3) is 0 Å². The maximum atomic E-state index is 12.4. The molecule has 0 heterocycles. The molecule has 6 aromatic rings. The first-order chi connectivity index (χ1) is 28.9. The van der Waals surface area contributed by atoms with Gasteiger partial charge in [-0.2, -0.15) is 15.3 Å². The standard InChI is InChI=1S/C36H29N9O13S4.4Na/c37-22-10-13-27(26(38)16-22)43-41-24-11-8-19(28(17-24)59(47,48)49)6-7-20-9-12-25(18-29(20)60(50,51)52)42-44-34-30(61(53,54)55)14-21-15-31(62(56,57)58)35(36(46)32(21)33(34)39)45-40-23-4-2-1-3-5-23;;;;/h1-18,46H,37-39H2,(H,47,48,49)(H,50,51,52)(H,53,54,55)(H,56,57,58);;;;/q;4*+1/p-4/b7-6+,43-41?,44-42?,45-40?;;;;. The molecule has 0 saturated carbocycles. The Kier molecular flexibility index (Phi) is 21.0. The molecule has 0 radical (unpaired) electrons. The fourth-order valence-corrected chi connectivity index (χ4v) is 8.32. The van der Waals surface area contributed by atoms with Crippen molar-refractivity contribution in [2.24, 2.45) is 30.7 Å². The molecular weight excluding hydrogens is 987 g/mol. The first kappa shape index (κ1) is 59.1. The van der Waals surface area contributed by atoms with Crippen LogP contribution < -0.4 is 135 Å². The van der Waals surface area contributed by atoms with Gasteiger partial charge < -0.3 is 40.5 Å². The Morgan fingerprint density at radius 1 is 0.470 bits per heavy atom. The second-order valence-corrected chi connectivity index (χ2v) is 18.0. The number of phenols is 1. The molecular formula is C36H25N9Na4O13S4. The van der Waals surface area contributed by atoms with E-state index in [1.165, 1.54) is 36.4 Å². The van der Waals surface area contributed by atoms with Crippen molar-refractivity contribution in [3.8, 4) is 5.75 Å². The third kappa shape index (κ3) is 14.3. The van der Waals surface area contributed by atoms with E-state index in [-0.39, 0.29) is 152 Å². The van der Waals surface area contributed by atoms with Crippen LogP contribution in [0.5, 0.6) is 5.75 Å². The number of hydrogen-bond donors (Lipinski definition) is 4. The number of nitrogen functional groups attached to an aromatic ring is 3. The molecule has 0 aliphatic carbocycles. The van der Waals surface area contributed by atoms with Crippen molar-refractivity contribution in [2.45, 2.75) is 19.6 Å². The van der Waals surface area contributed by atoms with Crippen LogP contribution in [0.4, 0.5) is 51.2 Å². The van der Waals surface area contributed by atoms with Crippen LogP contribution >= 0.6 is 0 Å². The molecule has 7 N–H and O–H groups in total. The molecule has 6 rings (SSSR count). The molecule has 0 spiro atoms. The summed E-state index contributed by atoms with van der Waals surface area (Å²) < 4.78 is 148. The van der Waals surface area contributed by atoms with Gasteiger partial charge in [0.2, 0.25) is 0 Å². The van der Waals surface area contributed by atoms with Crippen molar-refractivity contribution in [3.05, 3.63) is 108 Å². The van der Waals surface area contributed by atoms with Crippen molar-refractivity contribution in [1.82, 2.24) is 0 Å². The first-order valence-electron chi connectivity index (χ1n) is 16.8. The molecule has 0 aliphatic rings. The van der Waals surface area contributed by atoms with E-state index in [0.29, 0.717) is 23.9 Å². The Bertz CT molecular complexity index is 3420. The minimum atomic E-state index is -5.55. The quantitative estimate of drug-likeness (QED) is 0.0292. The van der Waals surface area contributed by atoms with Crippen molar-refractivity contribution in [3.63, 3.8) is 0 Å². The molecule has 0 saturated heterocycles. The second-order valence-electron chi connectivity index (χ2n) is 12.7. The summed E-state index contributed by atoms with van der Waals surface area (Å²) in [7, 11) is -21.6. The van der Waals surface area contributed by atoms with Crippen LogP contribution in [0.1, 0.15) is 11.1 Å². The van der Waals surface area contributed by atoms with E-state index in [4.69, 9.17) is 17.2 Å². The number of hydrogen-bond acceptors (Lipinski definition) is 22. The van der Waals surface area contributed by atoms with Gasteiger partial charge in [-0.15, -0.1) is 15.3 Å². The third-order valence-electron chi connectivity index (χ3n) is 8.44. The Morgan fingerprint density at radius 2 is 0.909 bits per heavy atom. The number of anilines is 3.